The minimum atomic E-state index is 0.892. The van der Waals surface area contributed by atoms with Crippen LogP contribution in [0, 0.1) is 0 Å². The molecule has 2 rings (SSSR count). The SMILES string of the molecule is CNCCc1cc(Br)cc2cnoc12. The van der Waals surface area contributed by atoms with Crippen molar-refractivity contribution in [3.05, 3.63) is 28.4 Å². The van der Waals surface area contributed by atoms with E-state index < -0.39 is 0 Å². The largest absolute Gasteiger partial charge is 0.356 e. The first-order chi connectivity index (χ1) is 6.81. The quantitative estimate of drug-likeness (QED) is 0.914. The summed E-state index contributed by atoms with van der Waals surface area (Å²) in [4.78, 5) is 0. The number of likely N-dealkylation sites (N-methyl/N-ethyl adjacent to an activating group) is 1. The minimum absolute atomic E-state index is 0.892. The molecule has 1 heterocycles. The zero-order chi connectivity index (χ0) is 9.97. The Labute approximate surface area is 90.6 Å². The third kappa shape index (κ3) is 1.81. The van der Waals surface area contributed by atoms with Crippen LogP contribution in [0.2, 0.25) is 0 Å². The first-order valence-electron chi connectivity index (χ1n) is 4.48. The number of nitrogens with one attached hydrogen (secondary N) is 1. The summed E-state index contributed by atoms with van der Waals surface area (Å²) in [6.45, 7) is 0.937. The Morgan fingerprint density at radius 2 is 2.36 bits per heavy atom. The molecule has 1 aromatic carbocycles. The molecule has 74 valence electrons. The molecule has 2 aromatic rings. The molecule has 0 saturated carbocycles. The van der Waals surface area contributed by atoms with Gasteiger partial charge in [0.15, 0.2) is 5.58 Å². The van der Waals surface area contributed by atoms with Crippen molar-refractivity contribution in [1.82, 2.24) is 10.5 Å². The fraction of sp³-hybridized carbons (Fsp3) is 0.300. The van der Waals surface area contributed by atoms with Gasteiger partial charge >= 0.3 is 0 Å². The van der Waals surface area contributed by atoms with Gasteiger partial charge in [-0.1, -0.05) is 21.1 Å². The van der Waals surface area contributed by atoms with Crippen molar-refractivity contribution < 1.29 is 4.52 Å². The van der Waals surface area contributed by atoms with Crippen molar-refractivity contribution in [3.63, 3.8) is 0 Å². The van der Waals surface area contributed by atoms with E-state index in [0.29, 0.717) is 0 Å². The monoisotopic (exact) mass is 254 g/mol. The van der Waals surface area contributed by atoms with Crippen LogP contribution in [-0.4, -0.2) is 18.7 Å². The Bertz CT molecular complexity index is 439. The Morgan fingerprint density at radius 1 is 1.50 bits per heavy atom. The highest BCUT2D eigenvalue weighted by Crippen LogP contribution is 2.24. The number of rotatable bonds is 3. The molecule has 14 heavy (non-hydrogen) atoms. The van der Waals surface area contributed by atoms with Crippen LogP contribution in [0.5, 0.6) is 0 Å². The highest BCUT2D eigenvalue weighted by atomic mass is 79.9. The molecule has 0 bridgehead atoms. The summed E-state index contributed by atoms with van der Waals surface area (Å²) in [6.07, 6.45) is 2.69. The first kappa shape index (κ1) is 9.68. The average molecular weight is 255 g/mol. The van der Waals surface area contributed by atoms with E-state index in [1.807, 2.05) is 13.1 Å². The smallest absolute Gasteiger partial charge is 0.170 e. The predicted octanol–water partition coefficient (Wildman–Crippen LogP) is 2.35. The van der Waals surface area contributed by atoms with Crippen LogP contribution in [0.4, 0.5) is 0 Å². The second-order valence-corrected chi connectivity index (χ2v) is 4.08. The van der Waals surface area contributed by atoms with E-state index in [-0.39, 0.29) is 0 Å². The van der Waals surface area contributed by atoms with Gasteiger partial charge in [0.25, 0.3) is 0 Å². The van der Waals surface area contributed by atoms with E-state index in [2.05, 4.69) is 32.5 Å². The summed E-state index contributed by atoms with van der Waals surface area (Å²) in [5.74, 6) is 0. The first-order valence-corrected chi connectivity index (χ1v) is 5.28. The Balaban J connectivity index is 2.44. The molecule has 0 aliphatic carbocycles. The zero-order valence-corrected chi connectivity index (χ0v) is 9.47. The van der Waals surface area contributed by atoms with E-state index in [4.69, 9.17) is 4.52 Å². The molecule has 1 aromatic heterocycles. The van der Waals surface area contributed by atoms with E-state index in [1.165, 1.54) is 5.56 Å². The van der Waals surface area contributed by atoms with Gasteiger partial charge in [0.1, 0.15) is 0 Å². The van der Waals surface area contributed by atoms with E-state index >= 15 is 0 Å². The van der Waals surface area contributed by atoms with Gasteiger partial charge in [-0.2, -0.15) is 0 Å². The Hall–Kier alpha value is -0.870. The number of benzene rings is 1. The number of nitrogens with zero attached hydrogens (tertiary/aromatic N) is 1. The Morgan fingerprint density at radius 3 is 3.14 bits per heavy atom. The molecule has 0 aliphatic rings. The standard InChI is InChI=1S/C10H11BrN2O/c1-12-3-2-7-4-9(11)5-8-6-13-14-10(7)8/h4-6,12H,2-3H2,1H3. The molecular formula is C10H11BrN2O. The van der Waals surface area contributed by atoms with Gasteiger partial charge in [-0.25, -0.2) is 0 Å². The second kappa shape index (κ2) is 4.11. The van der Waals surface area contributed by atoms with Crippen LogP contribution in [-0.2, 0) is 6.42 Å². The van der Waals surface area contributed by atoms with Crippen LogP contribution < -0.4 is 5.32 Å². The predicted molar refractivity (Wildman–Crippen MR) is 59.3 cm³/mol. The summed E-state index contributed by atoms with van der Waals surface area (Å²) >= 11 is 3.47. The molecule has 0 spiro atoms. The fourth-order valence-corrected chi connectivity index (χ4v) is 1.98. The molecule has 0 atom stereocenters. The average Bonchev–Trinajstić information content (AvgIpc) is 2.61. The summed E-state index contributed by atoms with van der Waals surface area (Å²) in [6, 6.07) is 4.08. The molecule has 0 unspecified atom stereocenters. The van der Waals surface area contributed by atoms with Gasteiger partial charge in [0, 0.05) is 15.4 Å². The van der Waals surface area contributed by atoms with E-state index in [0.717, 1.165) is 28.4 Å². The number of halogens is 1. The summed E-state index contributed by atoms with van der Waals surface area (Å²) in [7, 11) is 1.94. The lowest BCUT2D eigenvalue weighted by atomic mass is 10.1. The number of aromatic nitrogens is 1. The maximum atomic E-state index is 5.20. The van der Waals surface area contributed by atoms with Gasteiger partial charge in [-0.05, 0) is 32.1 Å². The molecule has 0 amide bonds. The zero-order valence-electron chi connectivity index (χ0n) is 7.88. The van der Waals surface area contributed by atoms with Crippen LogP contribution >= 0.6 is 15.9 Å². The lowest BCUT2D eigenvalue weighted by Gasteiger charge is -2.01. The van der Waals surface area contributed by atoms with E-state index in [9.17, 15) is 0 Å². The van der Waals surface area contributed by atoms with Crippen LogP contribution in [0.25, 0.3) is 11.0 Å². The van der Waals surface area contributed by atoms with Crippen LogP contribution in [0.15, 0.2) is 27.3 Å². The van der Waals surface area contributed by atoms with Crippen molar-refractivity contribution in [1.29, 1.82) is 0 Å². The maximum Gasteiger partial charge on any atom is 0.170 e. The van der Waals surface area contributed by atoms with Crippen molar-refractivity contribution in [2.45, 2.75) is 6.42 Å². The maximum absolute atomic E-state index is 5.20. The van der Waals surface area contributed by atoms with Crippen LogP contribution in [0.3, 0.4) is 0 Å². The molecule has 0 saturated heterocycles. The third-order valence-corrected chi connectivity index (χ3v) is 2.60. The highest BCUT2D eigenvalue weighted by molar-refractivity contribution is 9.10. The number of fused-ring (bicyclic) bond motifs is 1. The van der Waals surface area contributed by atoms with Crippen molar-refractivity contribution >= 4 is 26.9 Å². The fourth-order valence-electron chi connectivity index (χ4n) is 1.46. The van der Waals surface area contributed by atoms with Crippen molar-refractivity contribution in [3.8, 4) is 0 Å². The Kier molecular flexibility index (Phi) is 2.84. The lowest BCUT2D eigenvalue weighted by Crippen LogP contribution is -2.10. The van der Waals surface area contributed by atoms with Gasteiger partial charge in [-0.15, -0.1) is 0 Å². The number of hydrogen-bond acceptors (Lipinski definition) is 3. The van der Waals surface area contributed by atoms with E-state index in [1.54, 1.807) is 6.20 Å². The molecule has 0 radical (unpaired) electrons. The lowest BCUT2D eigenvalue weighted by molar-refractivity contribution is 0.453. The third-order valence-electron chi connectivity index (χ3n) is 2.14. The molecule has 4 heteroatoms. The number of hydrogen-bond donors (Lipinski definition) is 1. The summed E-state index contributed by atoms with van der Waals surface area (Å²) in [5, 5.41) is 7.96. The topological polar surface area (TPSA) is 38.1 Å². The molecule has 0 fully saturated rings. The summed E-state index contributed by atoms with van der Waals surface area (Å²) in [5.41, 5.74) is 2.07. The van der Waals surface area contributed by atoms with Gasteiger partial charge in [-0.3, -0.25) is 0 Å². The van der Waals surface area contributed by atoms with Crippen molar-refractivity contribution in [2.75, 3.05) is 13.6 Å². The normalized spacial score (nSPS) is 11.0. The molecule has 3 nitrogen and oxygen atoms in total. The van der Waals surface area contributed by atoms with Crippen LogP contribution in [0.1, 0.15) is 5.56 Å². The van der Waals surface area contributed by atoms with Gasteiger partial charge in [0.05, 0.1) is 6.20 Å². The molecule has 1 N–H and O–H groups in total. The second-order valence-electron chi connectivity index (χ2n) is 3.16. The van der Waals surface area contributed by atoms with Crippen molar-refractivity contribution in [2.24, 2.45) is 0 Å². The van der Waals surface area contributed by atoms with Gasteiger partial charge in [0.2, 0.25) is 0 Å². The van der Waals surface area contributed by atoms with Gasteiger partial charge < -0.3 is 9.84 Å². The minimum Gasteiger partial charge on any atom is -0.356 e. The molecular weight excluding hydrogens is 244 g/mol. The highest BCUT2D eigenvalue weighted by Gasteiger charge is 2.06. The molecule has 0 aliphatic heterocycles. The summed E-state index contributed by atoms with van der Waals surface area (Å²) < 4.78 is 6.27.